The second kappa shape index (κ2) is 8.23. The van der Waals surface area contributed by atoms with Gasteiger partial charge in [-0.3, -0.25) is 0 Å². The van der Waals surface area contributed by atoms with Gasteiger partial charge in [-0.05, 0) is 31.2 Å². The zero-order valence-electron chi connectivity index (χ0n) is 10.9. The van der Waals surface area contributed by atoms with E-state index in [-0.39, 0.29) is 0 Å². The Balaban J connectivity index is 2.45. The maximum absolute atomic E-state index is 5.64. The summed E-state index contributed by atoms with van der Waals surface area (Å²) in [7, 11) is 0. The molecule has 1 N–H and O–H groups in total. The molecule has 1 rings (SSSR count). The number of anilines is 1. The molecular weight excluding hydrogens is 232 g/mol. The highest BCUT2D eigenvalue weighted by Crippen LogP contribution is 2.21. The Kier molecular flexibility index (Phi) is 6.86. The van der Waals surface area contributed by atoms with Crippen LogP contribution in [-0.4, -0.2) is 29.6 Å². The monoisotopic (exact) mass is 254 g/mol. The molecule has 0 radical (unpaired) electrons. The highest BCUT2D eigenvalue weighted by Gasteiger charge is 2.04. The van der Waals surface area contributed by atoms with E-state index >= 15 is 0 Å². The van der Waals surface area contributed by atoms with E-state index in [4.69, 9.17) is 4.74 Å². The quantitative estimate of drug-likeness (QED) is 0.771. The van der Waals surface area contributed by atoms with Gasteiger partial charge in [0.15, 0.2) is 11.6 Å². The zero-order chi connectivity index (χ0) is 12.5. The molecule has 0 amide bonds. The second-order valence-corrected chi connectivity index (χ2v) is 5.24. The predicted octanol–water partition coefficient (Wildman–Crippen LogP) is 3.42. The lowest BCUT2D eigenvalue weighted by molar-refractivity contribution is 0.318. The van der Waals surface area contributed by atoms with Gasteiger partial charge in [0.1, 0.15) is 0 Å². The lowest BCUT2D eigenvalue weighted by Gasteiger charge is -2.13. The van der Waals surface area contributed by atoms with Crippen LogP contribution in [0.3, 0.4) is 0 Å². The molecule has 0 aromatic carbocycles. The number of thioether (sulfide) groups is 1. The predicted molar refractivity (Wildman–Crippen MR) is 76.1 cm³/mol. The fourth-order valence-electron chi connectivity index (χ4n) is 1.36. The summed E-state index contributed by atoms with van der Waals surface area (Å²) >= 11 is 1.89. The summed E-state index contributed by atoms with van der Waals surface area (Å²) in [5.74, 6) is 1.71. The molecule has 0 fully saturated rings. The van der Waals surface area contributed by atoms with Gasteiger partial charge >= 0.3 is 0 Å². The number of hydrogen-bond acceptors (Lipinski definition) is 4. The first-order valence-corrected chi connectivity index (χ1v) is 7.41. The van der Waals surface area contributed by atoms with Crippen molar-refractivity contribution < 1.29 is 4.74 Å². The van der Waals surface area contributed by atoms with E-state index in [2.05, 4.69) is 30.4 Å². The maximum Gasteiger partial charge on any atom is 0.168 e. The first kappa shape index (κ1) is 14.2. The van der Waals surface area contributed by atoms with Crippen LogP contribution in [0.4, 0.5) is 5.82 Å². The van der Waals surface area contributed by atoms with Crippen LogP contribution >= 0.6 is 11.8 Å². The fraction of sp³-hybridized carbons (Fsp3) is 0.615. The third kappa shape index (κ3) is 5.31. The van der Waals surface area contributed by atoms with Crippen LogP contribution in [-0.2, 0) is 0 Å². The summed E-state index contributed by atoms with van der Waals surface area (Å²) in [6.45, 7) is 6.01. The zero-order valence-corrected chi connectivity index (χ0v) is 11.7. The molecule has 0 aliphatic heterocycles. The topological polar surface area (TPSA) is 34.1 Å². The van der Waals surface area contributed by atoms with Crippen molar-refractivity contribution in [1.29, 1.82) is 0 Å². The van der Waals surface area contributed by atoms with Crippen molar-refractivity contribution in [2.45, 2.75) is 31.9 Å². The van der Waals surface area contributed by atoms with E-state index in [0.29, 0.717) is 5.25 Å². The highest BCUT2D eigenvalue weighted by atomic mass is 32.2. The van der Waals surface area contributed by atoms with Crippen molar-refractivity contribution in [2.24, 2.45) is 0 Å². The van der Waals surface area contributed by atoms with Crippen LogP contribution in [0.5, 0.6) is 5.75 Å². The van der Waals surface area contributed by atoms with E-state index in [9.17, 15) is 0 Å². The van der Waals surface area contributed by atoms with Gasteiger partial charge in [0.05, 0.1) is 6.61 Å². The molecule has 17 heavy (non-hydrogen) atoms. The third-order valence-electron chi connectivity index (χ3n) is 2.48. The second-order valence-electron chi connectivity index (χ2n) is 3.96. The van der Waals surface area contributed by atoms with Gasteiger partial charge in [-0.2, -0.15) is 11.8 Å². The maximum atomic E-state index is 5.64. The molecule has 1 unspecified atom stereocenters. The Labute approximate surface area is 108 Å². The molecule has 0 aliphatic carbocycles. The van der Waals surface area contributed by atoms with Crippen molar-refractivity contribution >= 4 is 17.6 Å². The molecule has 0 saturated heterocycles. The molecule has 1 aromatic heterocycles. The summed E-state index contributed by atoms with van der Waals surface area (Å²) in [6.07, 6.45) is 6.07. The Morgan fingerprint density at radius 2 is 2.35 bits per heavy atom. The molecule has 1 heterocycles. The van der Waals surface area contributed by atoms with E-state index in [1.165, 1.54) is 0 Å². The normalized spacial score (nSPS) is 12.2. The molecule has 96 valence electrons. The Hall–Kier alpha value is -0.900. The molecule has 0 spiro atoms. The first-order chi connectivity index (χ1) is 8.27. The average molecular weight is 254 g/mol. The molecule has 0 bridgehead atoms. The number of hydrogen-bond donors (Lipinski definition) is 1. The largest absolute Gasteiger partial charge is 0.490 e. The van der Waals surface area contributed by atoms with Crippen molar-refractivity contribution in [3.05, 3.63) is 18.3 Å². The number of nitrogens with zero attached hydrogens (tertiary/aromatic N) is 1. The summed E-state index contributed by atoms with van der Waals surface area (Å²) in [6, 6.07) is 3.86. The van der Waals surface area contributed by atoms with E-state index in [0.717, 1.165) is 37.6 Å². The number of nitrogens with one attached hydrogen (secondary N) is 1. The van der Waals surface area contributed by atoms with Gasteiger partial charge in [0.2, 0.25) is 0 Å². The summed E-state index contributed by atoms with van der Waals surface area (Å²) in [5.41, 5.74) is 0. The van der Waals surface area contributed by atoms with Crippen LogP contribution < -0.4 is 10.1 Å². The molecule has 1 aromatic rings. The van der Waals surface area contributed by atoms with E-state index < -0.39 is 0 Å². The summed E-state index contributed by atoms with van der Waals surface area (Å²) in [4.78, 5) is 4.31. The smallest absolute Gasteiger partial charge is 0.168 e. The lowest BCUT2D eigenvalue weighted by Crippen LogP contribution is -2.10. The van der Waals surface area contributed by atoms with E-state index in [1.54, 1.807) is 6.20 Å². The van der Waals surface area contributed by atoms with Crippen molar-refractivity contribution in [2.75, 3.05) is 24.7 Å². The third-order valence-corrected chi connectivity index (χ3v) is 3.52. The summed E-state index contributed by atoms with van der Waals surface area (Å²) < 4.78 is 5.64. The number of pyridine rings is 1. The Bertz CT molecular complexity index is 320. The number of aromatic nitrogens is 1. The molecule has 3 nitrogen and oxygen atoms in total. The average Bonchev–Trinajstić information content (AvgIpc) is 2.37. The minimum Gasteiger partial charge on any atom is -0.490 e. The van der Waals surface area contributed by atoms with Gasteiger partial charge in [-0.1, -0.05) is 13.8 Å². The minimum absolute atomic E-state index is 0.672. The highest BCUT2D eigenvalue weighted by molar-refractivity contribution is 7.99. The van der Waals surface area contributed by atoms with Gasteiger partial charge in [0.25, 0.3) is 0 Å². The van der Waals surface area contributed by atoms with Crippen molar-refractivity contribution in [3.8, 4) is 5.75 Å². The van der Waals surface area contributed by atoms with Crippen LogP contribution in [0.2, 0.25) is 0 Å². The van der Waals surface area contributed by atoms with E-state index in [1.807, 2.05) is 23.9 Å². The Morgan fingerprint density at radius 1 is 1.53 bits per heavy atom. The Morgan fingerprint density at radius 3 is 3.06 bits per heavy atom. The minimum atomic E-state index is 0.672. The van der Waals surface area contributed by atoms with Gasteiger partial charge < -0.3 is 10.1 Å². The summed E-state index contributed by atoms with van der Waals surface area (Å²) in [5, 5.41) is 4.01. The molecule has 1 atom stereocenters. The van der Waals surface area contributed by atoms with Crippen LogP contribution in [0.1, 0.15) is 26.7 Å². The standard InChI is InChI=1S/C13H22N2OS/c1-4-10-16-12-6-5-8-14-13(12)15-9-7-11(2)17-3/h5-6,8,11H,4,7,9-10H2,1-3H3,(H,14,15). The molecule has 4 heteroatoms. The number of ether oxygens (including phenoxy) is 1. The van der Waals surface area contributed by atoms with Crippen LogP contribution in [0, 0.1) is 0 Å². The van der Waals surface area contributed by atoms with Crippen LogP contribution in [0.25, 0.3) is 0 Å². The van der Waals surface area contributed by atoms with Crippen LogP contribution in [0.15, 0.2) is 18.3 Å². The van der Waals surface area contributed by atoms with Crippen molar-refractivity contribution in [3.63, 3.8) is 0 Å². The fourth-order valence-corrected chi connectivity index (χ4v) is 1.72. The van der Waals surface area contributed by atoms with Gasteiger partial charge in [-0.15, -0.1) is 0 Å². The molecule has 0 aliphatic rings. The first-order valence-electron chi connectivity index (χ1n) is 6.12. The SMILES string of the molecule is CCCOc1cccnc1NCCC(C)SC. The van der Waals surface area contributed by atoms with Gasteiger partial charge in [0, 0.05) is 18.0 Å². The van der Waals surface area contributed by atoms with Gasteiger partial charge in [-0.25, -0.2) is 4.98 Å². The van der Waals surface area contributed by atoms with Crippen molar-refractivity contribution in [1.82, 2.24) is 4.98 Å². The number of rotatable bonds is 8. The lowest BCUT2D eigenvalue weighted by atomic mass is 10.3. The molecular formula is C13H22N2OS. The molecule has 0 saturated carbocycles.